The van der Waals surface area contributed by atoms with Gasteiger partial charge in [-0.15, -0.1) is 0 Å². The van der Waals surface area contributed by atoms with E-state index in [9.17, 15) is 14.4 Å². The molecule has 1 saturated heterocycles. The van der Waals surface area contributed by atoms with Crippen molar-refractivity contribution in [1.82, 2.24) is 20.3 Å². The largest absolute Gasteiger partial charge is 0.355 e. The predicted octanol–water partition coefficient (Wildman–Crippen LogP) is 3.44. The highest BCUT2D eigenvalue weighted by molar-refractivity contribution is 5.98. The van der Waals surface area contributed by atoms with Crippen LogP contribution >= 0.6 is 0 Å². The van der Waals surface area contributed by atoms with E-state index in [1.54, 1.807) is 49.3 Å². The third kappa shape index (κ3) is 5.80. The molecule has 3 rings (SSSR count). The third-order valence-electron chi connectivity index (χ3n) is 5.71. The Morgan fingerprint density at radius 1 is 1.12 bits per heavy atom. The second-order valence-corrected chi connectivity index (χ2v) is 9.79. The van der Waals surface area contributed by atoms with Gasteiger partial charge in [-0.2, -0.15) is 0 Å². The van der Waals surface area contributed by atoms with Crippen molar-refractivity contribution < 1.29 is 18.9 Å². The SMILES string of the molecule is CC(C)C[C@H]1CN(C(=O)c2cc(-c3ccc(C(=O)N(C)C)cc3)on2)[C@@H](CC(C)C)C(=O)N1. The third-order valence-corrected chi connectivity index (χ3v) is 5.71. The van der Waals surface area contributed by atoms with Gasteiger partial charge >= 0.3 is 0 Å². The average molecular weight is 455 g/mol. The number of carbonyl (C=O) groups is 3. The van der Waals surface area contributed by atoms with E-state index in [4.69, 9.17) is 4.52 Å². The summed E-state index contributed by atoms with van der Waals surface area (Å²) in [6.45, 7) is 8.72. The molecular weight excluding hydrogens is 420 g/mol. The average Bonchev–Trinajstić information content (AvgIpc) is 3.24. The summed E-state index contributed by atoms with van der Waals surface area (Å²) < 4.78 is 5.45. The summed E-state index contributed by atoms with van der Waals surface area (Å²) in [4.78, 5) is 41.5. The van der Waals surface area contributed by atoms with Crippen molar-refractivity contribution in [3.8, 4) is 11.3 Å². The maximum Gasteiger partial charge on any atom is 0.276 e. The second kappa shape index (κ2) is 10.2. The first kappa shape index (κ1) is 24.5. The highest BCUT2D eigenvalue weighted by Crippen LogP contribution is 2.25. The minimum absolute atomic E-state index is 0.0852. The van der Waals surface area contributed by atoms with Crippen molar-refractivity contribution in [3.63, 3.8) is 0 Å². The predicted molar refractivity (Wildman–Crippen MR) is 126 cm³/mol. The van der Waals surface area contributed by atoms with Gasteiger partial charge in [0.2, 0.25) is 5.91 Å². The molecule has 8 nitrogen and oxygen atoms in total. The fourth-order valence-corrected chi connectivity index (χ4v) is 4.15. The molecule has 0 aliphatic carbocycles. The van der Waals surface area contributed by atoms with Crippen LogP contribution in [0.2, 0.25) is 0 Å². The van der Waals surface area contributed by atoms with Gasteiger partial charge in [0.25, 0.3) is 11.8 Å². The molecule has 1 fully saturated rings. The molecule has 2 aromatic rings. The minimum Gasteiger partial charge on any atom is -0.355 e. The zero-order valence-electron chi connectivity index (χ0n) is 20.3. The lowest BCUT2D eigenvalue weighted by molar-refractivity contribution is -0.130. The van der Waals surface area contributed by atoms with E-state index in [2.05, 4.69) is 24.3 Å². The van der Waals surface area contributed by atoms with Gasteiger partial charge in [0.1, 0.15) is 6.04 Å². The van der Waals surface area contributed by atoms with Crippen molar-refractivity contribution in [1.29, 1.82) is 0 Å². The summed E-state index contributed by atoms with van der Waals surface area (Å²) in [5.41, 5.74) is 1.45. The molecule has 3 amide bonds. The molecule has 0 bridgehead atoms. The normalized spacial score (nSPS) is 18.5. The Morgan fingerprint density at radius 2 is 1.76 bits per heavy atom. The van der Waals surface area contributed by atoms with Crippen molar-refractivity contribution in [2.24, 2.45) is 11.8 Å². The van der Waals surface area contributed by atoms with E-state index >= 15 is 0 Å². The first-order chi connectivity index (χ1) is 15.6. The smallest absolute Gasteiger partial charge is 0.276 e. The zero-order valence-corrected chi connectivity index (χ0v) is 20.3. The van der Waals surface area contributed by atoms with Gasteiger partial charge in [-0.1, -0.05) is 45.0 Å². The van der Waals surface area contributed by atoms with Crippen molar-refractivity contribution in [3.05, 3.63) is 41.6 Å². The van der Waals surface area contributed by atoms with E-state index in [1.807, 2.05) is 13.8 Å². The number of hydrogen-bond acceptors (Lipinski definition) is 5. The topological polar surface area (TPSA) is 95.8 Å². The van der Waals surface area contributed by atoms with Crippen LogP contribution in [0.4, 0.5) is 0 Å². The molecule has 1 aromatic heterocycles. The highest BCUT2D eigenvalue weighted by Gasteiger charge is 2.39. The fourth-order valence-electron chi connectivity index (χ4n) is 4.15. The molecule has 0 saturated carbocycles. The van der Waals surface area contributed by atoms with Crippen LogP contribution in [-0.4, -0.2) is 65.4 Å². The van der Waals surface area contributed by atoms with E-state index < -0.39 is 6.04 Å². The van der Waals surface area contributed by atoms with Gasteiger partial charge in [-0.3, -0.25) is 14.4 Å². The van der Waals surface area contributed by atoms with E-state index in [0.717, 1.165) is 6.42 Å². The van der Waals surface area contributed by atoms with Crippen LogP contribution in [0.5, 0.6) is 0 Å². The molecule has 1 aliphatic rings. The lowest BCUT2D eigenvalue weighted by atomic mass is 9.94. The second-order valence-electron chi connectivity index (χ2n) is 9.79. The number of rotatable bonds is 7. The minimum atomic E-state index is -0.530. The summed E-state index contributed by atoms with van der Waals surface area (Å²) in [6, 6.07) is 7.94. The van der Waals surface area contributed by atoms with Gasteiger partial charge in [0.05, 0.1) is 0 Å². The fraction of sp³-hybridized carbons (Fsp3) is 0.520. The Balaban J connectivity index is 1.82. The van der Waals surface area contributed by atoms with Crippen molar-refractivity contribution in [2.45, 2.75) is 52.6 Å². The summed E-state index contributed by atoms with van der Waals surface area (Å²) >= 11 is 0. The van der Waals surface area contributed by atoms with Crippen LogP contribution in [0.1, 0.15) is 61.4 Å². The molecule has 2 atom stereocenters. The number of carbonyl (C=O) groups excluding carboxylic acids is 3. The molecule has 1 N–H and O–H groups in total. The van der Waals surface area contributed by atoms with E-state index in [1.165, 1.54) is 4.90 Å². The van der Waals surface area contributed by atoms with Crippen LogP contribution in [-0.2, 0) is 4.79 Å². The monoisotopic (exact) mass is 454 g/mol. The molecule has 2 heterocycles. The van der Waals surface area contributed by atoms with Gasteiger partial charge in [-0.25, -0.2) is 0 Å². The first-order valence-electron chi connectivity index (χ1n) is 11.5. The Hall–Kier alpha value is -3.16. The molecule has 0 unspecified atom stereocenters. The van der Waals surface area contributed by atoms with Crippen LogP contribution in [0.25, 0.3) is 11.3 Å². The molecule has 8 heteroatoms. The number of piperazine rings is 1. The Kier molecular flexibility index (Phi) is 7.56. The van der Waals surface area contributed by atoms with Crippen LogP contribution < -0.4 is 5.32 Å². The molecule has 0 radical (unpaired) electrons. The lowest BCUT2D eigenvalue weighted by Crippen LogP contribution is -2.62. The van der Waals surface area contributed by atoms with E-state index in [0.29, 0.717) is 35.8 Å². The van der Waals surface area contributed by atoms with Gasteiger partial charge in [0.15, 0.2) is 11.5 Å². The number of nitrogens with zero attached hydrogens (tertiary/aromatic N) is 3. The maximum absolute atomic E-state index is 13.4. The van der Waals surface area contributed by atoms with Crippen molar-refractivity contribution >= 4 is 17.7 Å². The first-order valence-corrected chi connectivity index (χ1v) is 11.5. The molecule has 1 aromatic carbocycles. The van der Waals surface area contributed by atoms with Crippen molar-refractivity contribution in [2.75, 3.05) is 20.6 Å². The quantitative estimate of drug-likeness (QED) is 0.691. The summed E-state index contributed by atoms with van der Waals surface area (Å²) in [5.74, 6) is 0.578. The number of benzene rings is 1. The number of hydrogen-bond donors (Lipinski definition) is 1. The van der Waals surface area contributed by atoms with Crippen LogP contribution in [0, 0.1) is 11.8 Å². The number of aromatic nitrogens is 1. The summed E-state index contributed by atoms with van der Waals surface area (Å²) in [5, 5.41) is 7.09. The lowest BCUT2D eigenvalue weighted by Gasteiger charge is -2.40. The molecule has 1 aliphatic heterocycles. The Morgan fingerprint density at radius 3 is 2.33 bits per heavy atom. The zero-order chi connectivity index (χ0) is 24.3. The standard InChI is InChI=1S/C25H34N4O4/c1-15(2)11-19-14-29(21(12-16(3)4)23(30)26-19)25(32)20-13-22(33-27-20)17-7-9-18(10-8-17)24(31)28(5)6/h7-10,13,15-16,19,21H,11-12,14H2,1-6H3,(H,26,30)/t19-,21-/m0/s1. The summed E-state index contributed by atoms with van der Waals surface area (Å²) in [7, 11) is 3.40. The maximum atomic E-state index is 13.4. The molecule has 178 valence electrons. The number of amides is 3. The van der Waals surface area contributed by atoms with Gasteiger partial charge in [-0.05, 0) is 36.8 Å². The van der Waals surface area contributed by atoms with Gasteiger partial charge < -0.3 is 19.6 Å². The van der Waals surface area contributed by atoms with Crippen LogP contribution in [0.3, 0.4) is 0 Å². The van der Waals surface area contributed by atoms with Gasteiger partial charge in [0, 0.05) is 43.9 Å². The Bertz CT molecular complexity index is 994. The molecule has 33 heavy (non-hydrogen) atoms. The molecule has 0 spiro atoms. The van der Waals surface area contributed by atoms with Crippen LogP contribution in [0.15, 0.2) is 34.9 Å². The number of nitrogens with one attached hydrogen (secondary N) is 1. The molecular formula is C25H34N4O4. The van der Waals surface area contributed by atoms with E-state index in [-0.39, 0.29) is 35.4 Å². The highest BCUT2D eigenvalue weighted by atomic mass is 16.5. The summed E-state index contributed by atoms with van der Waals surface area (Å²) in [6.07, 6.45) is 1.38. The Labute approximate surface area is 195 Å².